The van der Waals surface area contributed by atoms with Crippen molar-refractivity contribution < 1.29 is 4.74 Å². The van der Waals surface area contributed by atoms with Gasteiger partial charge in [-0.15, -0.1) is 0 Å². The van der Waals surface area contributed by atoms with Gasteiger partial charge in [0.2, 0.25) is 5.95 Å². The van der Waals surface area contributed by atoms with E-state index >= 15 is 0 Å². The summed E-state index contributed by atoms with van der Waals surface area (Å²) in [6, 6.07) is 9.66. The molecule has 0 bridgehead atoms. The Labute approximate surface area is 118 Å². The fraction of sp³-hybridized carbons (Fsp3) is 0.267. The van der Waals surface area contributed by atoms with Crippen LogP contribution in [0, 0.1) is 13.8 Å². The molecule has 1 aromatic carbocycles. The lowest BCUT2D eigenvalue weighted by Gasteiger charge is -2.08. The maximum atomic E-state index is 5.32. The molecule has 2 aromatic rings. The molecular weight excluding hydrogens is 252 g/mol. The van der Waals surface area contributed by atoms with Crippen LogP contribution in [0.1, 0.15) is 23.9 Å². The Morgan fingerprint density at radius 2 is 1.80 bits per heavy atom. The molecule has 104 valence electrons. The number of aromatic nitrogens is 2. The molecular formula is C15H18N4O. The van der Waals surface area contributed by atoms with Gasteiger partial charge in [-0.3, -0.25) is 0 Å². The highest BCUT2D eigenvalue weighted by atomic mass is 16.5. The van der Waals surface area contributed by atoms with Crippen LogP contribution in [0.5, 0.6) is 5.75 Å². The van der Waals surface area contributed by atoms with Crippen molar-refractivity contribution >= 4 is 11.7 Å². The Morgan fingerprint density at radius 3 is 2.45 bits per heavy atom. The van der Waals surface area contributed by atoms with E-state index in [0.717, 1.165) is 28.4 Å². The molecule has 0 saturated carbocycles. The summed E-state index contributed by atoms with van der Waals surface area (Å²) in [4.78, 5) is 8.56. The number of nitrogens with one attached hydrogen (secondary N) is 1. The molecule has 0 aliphatic heterocycles. The van der Waals surface area contributed by atoms with Crippen molar-refractivity contribution in [3.05, 3.63) is 47.3 Å². The Balaban J connectivity index is 2.22. The Kier molecular flexibility index (Phi) is 4.30. The predicted molar refractivity (Wildman–Crippen MR) is 80.3 cm³/mol. The lowest BCUT2D eigenvalue weighted by Crippen LogP contribution is -2.05. The topological polar surface area (TPSA) is 59.4 Å². The average Bonchev–Trinajstić information content (AvgIpc) is 2.43. The summed E-state index contributed by atoms with van der Waals surface area (Å²) < 4.78 is 5.32. The van der Waals surface area contributed by atoms with Gasteiger partial charge < -0.3 is 4.74 Å². The second kappa shape index (κ2) is 6.14. The second-order valence-corrected chi connectivity index (χ2v) is 4.48. The molecule has 0 fully saturated rings. The minimum atomic E-state index is 0.497. The minimum absolute atomic E-state index is 0.497. The van der Waals surface area contributed by atoms with Gasteiger partial charge in [0, 0.05) is 17.0 Å². The summed E-state index contributed by atoms with van der Waals surface area (Å²) >= 11 is 0. The maximum absolute atomic E-state index is 5.32. The molecule has 0 spiro atoms. The van der Waals surface area contributed by atoms with Crippen LogP contribution in [0.4, 0.5) is 5.95 Å². The first-order valence-electron chi connectivity index (χ1n) is 6.36. The van der Waals surface area contributed by atoms with Crippen LogP contribution in [-0.4, -0.2) is 22.8 Å². The molecule has 0 atom stereocenters. The van der Waals surface area contributed by atoms with Crippen molar-refractivity contribution in [2.45, 2.75) is 20.8 Å². The quantitative estimate of drug-likeness (QED) is 0.685. The van der Waals surface area contributed by atoms with Crippen LogP contribution in [0.15, 0.2) is 35.4 Å². The van der Waals surface area contributed by atoms with Crippen LogP contribution in [0.25, 0.3) is 0 Å². The molecule has 1 heterocycles. The lowest BCUT2D eigenvalue weighted by atomic mass is 10.1. The van der Waals surface area contributed by atoms with E-state index in [4.69, 9.17) is 4.74 Å². The summed E-state index contributed by atoms with van der Waals surface area (Å²) in [6.45, 7) is 5.76. The van der Waals surface area contributed by atoms with Gasteiger partial charge in [0.15, 0.2) is 0 Å². The highest BCUT2D eigenvalue weighted by Crippen LogP contribution is 2.18. The van der Waals surface area contributed by atoms with E-state index in [-0.39, 0.29) is 0 Å². The van der Waals surface area contributed by atoms with E-state index in [0.29, 0.717) is 5.95 Å². The molecule has 0 saturated heterocycles. The van der Waals surface area contributed by atoms with Crippen molar-refractivity contribution in [1.29, 1.82) is 0 Å². The number of para-hydroxylation sites is 1. The first-order valence-corrected chi connectivity index (χ1v) is 6.36. The summed E-state index contributed by atoms with van der Waals surface area (Å²) in [5.41, 5.74) is 6.45. The van der Waals surface area contributed by atoms with Crippen LogP contribution in [0.2, 0.25) is 0 Å². The fourth-order valence-corrected chi connectivity index (χ4v) is 1.91. The van der Waals surface area contributed by atoms with Gasteiger partial charge in [-0.25, -0.2) is 15.4 Å². The third kappa shape index (κ3) is 3.32. The number of rotatable bonds is 4. The molecule has 20 heavy (non-hydrogen) atoms. The number of ether oxygens (including phenoxy) is 1. The van der Waals surface area contributed by atoms with Crippen molar-refractivity contribution in [3.8, 4) is 5.75 Å². The molecule has 5 nitrogen and oxygen atoms in total. The average molecular weight is 270 g/mol. The molecule has 0 aliphatic rings. The van der Waals surface area contributed by atoms with Gasteiger partial charge in [0.1, 0.15) is 5.75 Å². The number of methoxy groups -OCH3 is 1. The number of hydrogen-bond acceptors (Lipinski definition) is 5. The molecule has 1 aromatic heterocycles. The van der Waals surface area contributed by atoms with Gasteiger partial charge in [-0.2, -0.15) is 5.10 Å². The lowest BCUT2D eigenvalue weighted by molar-refractivity contribution is 0.414. The first-order chi connectivity index (χ1) is 9.60. The molecule has 0 aliphatic carbocycles. The third-order valence-corrected chi connectivity index (χ3v) is 2.80. The van der Waals surface area contributed by atoms with Gasteiger partial charge >= 0.3 is 0 Å². The largest absolute Gasteiger partial charge is 0.496 e. The second-order valence-electron chi connectivity index (χ2n) is 4.48. The summed E-state index contributed by atoms with van der Waals surface area (Å²) in [5, 5.41) is 4.32. The highest BCUT2D eigenvalue weighted by molar-refractivity contribution is 6.01. The van der Waals surface area contributed by atoms with Crippen molar-refractivity contribution in [3.63, 3.8) is 0 Å². The SMILES string of the molecule is COc1ccccc1/C(C)=N/Nc1nc(C)cc(C)n1. The van der Waals surface area contributed by atoms with Crippen molar-refractivity contribution in [1.82, 2.24) is 9.97 Å². The van der Waals surface area contributed by atoms with Crippen LogP contribution < -0.4 is 10.2 Å². The summed E-state index contributed by atoms with van der Waals surface area (Å²) in [5.74, 6) is 1.29. The van der Waals surface area contributed by atoms with E-state index in [1.54, 1.807) is 7.11 Å². The normalized spacial score (nSPS) is 11.3. The number of aryl methyl sites for hydroxylation is 2. The Bertz CT molecular complexity index is 617. The van der Waals surface area contributed by atoms with Gasteiger partial charge in [-0.05, 0) is 39.0 Å². The zero-order valence-electron chi connectivity index (χ0n) is 12.1. The van der Waals surface area contributed by atoms with Crippen molar-refractivity contribution in [2.24, 2.45) is 5.10 Å². The van der Waals surface area contributed by atoms with Gasteiger partial charge in [0.05, 0.1) is 12.8 Å². The minimum Gasteiger partial charge on any atom is -0.496 e. The third-order valence-electron chi connectivity index (χ3n) is 2.80. The van der Waals surface area contributed by atoms with Crippen molar-refractivity contribution in [2.75, 3.05) is 12.5 Å². The molecule has 5 heteroatoms. The van der Waals surface area contributed by atoms with Crippen LogP contribution in [0.3, 0.4) is 0 Å². The van der Waals surface area contributed by atoms with E-state index in [1.165, 1.54) is 0 Å². The Hall–Kier alpha value is -2.43. The summed E-state index contributed by atoms with van der Waals surface area (Å²) in [6.07, 6.45) is 0. The van der Waals surface area contributed by atoms with E-state index in [2.05, 4.69) is 20.5 Å². The zero-order chi connectivity index (χ0) is 14.5. The molecule has 2 rings (SSSR count). The van der Waals surface area contributed by atoms with E-state index in [1.807, 2.05) is 51.1 Å². The zero-order valence-corrected chi connectivity index (χ0v) is 12.1. The number of nitrogens with zero attached hydrogens (tertiary/aromatic N) is 3. The standard InChI is InChI=1S/C15H18N4O/c1-10-9-11(2)17-15(16-10)19-18-12(3)13-7-5-6-8-14(13)20-4/h5-9H,1-4H3,(H,16,17,19)/b18-12+. The fourth-order valence-electron chi connectivity index (χ4n) is 1.91. The predicted octanol–water partition coefficient (Wildman–Crippen LogP) is 2.94. The van der Waals surface area contributed by atoms with Gasteiger partial charge in [0.25, 0.3) is 0 Å². The Morgan fingerprint density at radius 1 is 1.15 bits per heavy atom. The maximum Gasteiger partial charge on any atom is 0.243 e. The number of benzene rings is 1. The molecule has 0 unspecified atom stereocenters. The molecule has 1 N–H and O–H groups in total. The van der Waals surface area contributed by atoms with E-state index < -0.39 is 0 Å². The summed E-state index contributed by atoms with van der Waals surface area (Å²) in [7, 11) is 1.65. The first kappa shape index (κ1) is 14.0. The van der Waals surface area contributed by atoms with Crippen LogP contribution >= 0.6 is 0 Å². The van der Waals surface area contributed by atoms with Crippen LogP contribution in [-0.2, 0) is 0 Å². The number of anilines is 1. The molecule has 0 radical (unpaired) electrons. The number of hydrazone groups is 1. The number of hydrogen-bond donors (Lipinski definition) is 1. The smallest absolute Gasteiger partial charge is 0.243 e. The highest BCUT2D eigenvalue weighted by Gasteiger charge is 2.05. The molecule has 0 amide bonds. The van der Waals surface area contributed by atoms with Gasteiger partial charge in [-0.1, -0.05) is 12.1 Å². The monoisotopic (exact) mass is 270 g/mol. The van der Waals surface area contributed by atoms with E-state index in [9.17, 15) is 0 Å².